The molecule has 1 heterocycles. The molecule has 1 aliphatic rings. The third kappa shape index (κ3) is 3.29. The fraction of sp³-hybridized carbons (Fsp3) is 0.538. The molecule has 8 heteroatoms. The van der Waals surface area contributed by atoms with Crippen LogP contribution in [0.2, 0.25) is 0 Å². The molecule has 0 bridgehead atoms. The lowest BCUT2D eigenvalue weighted by Crippen LogP contribution is -2.36. The molecular formula is C13H18N4O3S. The van der Waals surface area contributed by atoms with Crippen LogP contribution in [0.25, 0.3) is 10.4 Å². The zero-order chi connectivity index (χ0) is 15.5. The maximum atomic E-state index is 12.3. The molecule has 1 fully saturated rings. The van der Waals surface area contributed by atoms with E-state index in [9.17, 15) is 8.42 Å². The highest BCUT2D eigenvalue weighted by molar-refractivity contribution is 7.92. The van der Waals surface area contributed by atoms with Crippen molar-refractivity contribution in [3.05, 3.63) is 28.6 Å². The van der Waals surface area contributed by atoms with E-state index in [0.29, 0.717) is 13.2 Å². The summed E-state index contributed by atoms with van der Waals surface area (Å²) in [6.07, 6.45) is 0. The lowest BCUT2D eigenvalue weighted by molar-refractivity contribution is 0.122. The van der Waals surface area contributed by atoms with Crippen molar-refractivity contribution in [2.75, 3.05) is 31.2 Å². The van der Waals surface area contributed by atoms with Gasteiger partial charge in [-0.15, -0.1) is 0 Å². The van der Waals surface area contributed by atoms with E-state index in [1.54, 1.807) is 26.0 Å². The molecule has 0 aromatic heterocycles. The van der Waals surface area contributed by atoms with Gasteiger partial charge in [0, 0.05) is 23.7 Å². The molecule has 21 heavy (non-hydrogen) atoms. The number of sulfone groups is 1. The maximum absolute atomic E-state index is 12.3. The van der Waals surface area contributed by atoms with Crippen LogP contribution in [-0.4, -0.2) is 40.0 Å². The summed E-state index contributed by atoms with van der Waals surface area (Å²) in [5, 5.41) is 2.98. The van der Waals surface area contributed by atoms with Crippen molar-refractivity contribution >= 4 is 21.2 Å². The SMILES string of the molecule is CC(C)S(=O)(=O)c1ccc(N2CCOCC2)cc1N=[N+]=[N-]. The van der Waals surface area contributed by atoms with E-state index < -0.39 is 15.1 Å². The molecule has 0 amide bonds. The number of nitrogens with zero attached hydrogens (tertiary/aromatic N) is 4. The smallest absolute Gasteiger partial charge is 0.181 e. The van der Waals surface area contributed by atoms with Gasteiger partial charge in [0.2, 0.25) is 0 Å². The normalized spacial score (nSPS) is 15.9. The van der Waals surface area contributed by atoms with E-state index in [-0.39, 0.29) is 10.6 Å². The third-order valence-electron chi connectivity index (χ3n) is 3.40. The summed E-state index contributed by atoms with van der Waals surface area (Å²) in [6, 6.07) is 4.89. The molecule has 0 aliphatic carbocycles. The van der Waals surface area contributed by atoms with E-state index in [1.807, 2.05) is 0 Å². The molecule has 0 radical (unpaired) electrons. The Morgan fingerprint density at radius 2 is 2.00 bits per heavy atom. The van der Waals surface area contributed by atoms with Gasteiger partial charge in [-0.25, -0.2) is 8.42 Å². The molecular weight excluding hydrogens is 292 g/mol. The fourth-order valence-electron chi connectivity index (χ4n) is 2.14. The number of azide groups is 1. The minimum absolute atomic E-state index is 0.0762. The largest absolute Gasteiger partial charge is 0.378 e. The molecule has 0 spiro atoms. The molecule has 0 unspecified atom stereocenters. The number of benzene rings is 1. The van der Waals surface area contributed by atoms with E-state index in [4.69, 9.17) is 10.3 Å². The lowest BCUT2D eigenvalue weighted by atomic mass is 10.2. The Kier molecular flexibility index (Phi) is 4.72. The van der Waals surface area contributed by atoms with Crippen molar-refractivity contribution in [3.8, 4) is 0 Å². The minimum Gasteiger partial charge on any atom is -0.378 e. The van der Waals surface area contributed by atoms with Crippen molar-refractivity contribution in [2.45, 2.75) is 24.0 Å². The van der Waals surface area contributed by atoms with Gasteiger partial charge < -0.3 is 9.64 Å². The first-order chi connectivity index (χ1) is 9.96. The predicted molar refractivity (Wildman–Crippen MR) is 80.6 cm³/mol. The topological polar surface area (TPSA) is 95.4 Å². The Morgan fingerprint density at radius 1 is 1.33 bits per heavy atom. The zero-order valence-corrected chi connectivity index (χ0v) is 12.9. The van der Waals surface area contributed by atoms with Crippen molar-refractivity contribution < 1.29 is 13.2 Å². The molecule has 0 atom stereocenters. The fourth-order valence-corrected chi connectivity index (χ4v) is 3.30. The van der Waals surface area contributed by atoms with Crippen LogP contribution in [0.1, 0.15) is 13.8 Å². The molecule has 1 saturated heterocycles. The van der Waals surface area contributed by atoms with Gasteiger partial charge in [-0.05, 0) is 37.6 Å². The van der Waals surface area contributed by atoms with Crippen LogP contribution in [0, 0.1) is 0 Å². The predicted octanol–water partition coefficient (Wildman–Crippen LogP) is 2.65. The maximum Gasteiger partial charge on any atom is 0.181 e. The van der Waals surface area contributed by atoms with E-state index in [2.05, 4.69) is 14.9 Å². The van der Waals surface area contributed by atoms with Crippen LogP contribution in [0.4, 0.5) is 11.4 Å². The standard InChI is InChI=1S/C13H18N4O3S/c1-10(2)21(18,19)13-4-3-11(9-12(13)15-16-14)17-5-7-20-8-6-17/h3-4,9-10H,5-8H2,1-2H3. The van der Waals surface area contributed by atoms with Crippen molar-refractivity contribution in [3.63, 3.8) is 0 Å². The summed E-state index contributed by atoms with van der Waals surface area (Å²) in [6.45, 7) is 5.92. The summed E-state index contributed by atoms with van der Waals surface area (Å²) in [7, 11) is -3.49. The van der Waals surface area contributed by atoms with Crippen molar-refractivity contribution in [1.82, 2.24) is 0 Å². The number of rotatable bonds is 4. The van der Waals surface area contributed by atoms with Crippen LogP contribution in [0.5, 0.6) is 0 Å². The zero-order valence-electron chi connectivity index (χ0n) is 12.1. The van der Waals surface area contributed by atoms with Crippen molar-refractivity contribution in [1.29, 1.82) is 0 Å². The highest BCUT2D eigenvalue weighted by atomic mass is 32.2. The summed E-state index contributed by atoms with van der Waals surface area (Å²) in [5.74, 6) is 0. The summed E-state index contributed by atoms with van der Waals surface area (Å²) >= 11 is 0. The monoisotopic (exact) mass is 310 g/mol. The Morgan fingerprint density at radius 3 is 2.57 bits per heavy atom. The Hall–Kier alpha value is -1.76. The second-order valence-electron chi connectivity index (χ2n) is 5.03. The quantitative estimate of drug-likeness (QED) is 0.485. The van der Waals surface area contributed by atoms with Crippen LogP contribution in [0.15, 0.2) is 28.2 Å². The number of anilines is 1. The van der Waals surface area contributed by atoms with Gasteiger partial charge in [0.25, 0.3) is 0 Å². The van der Waals surface area contributed by atoms with Crippen molar-refractivity contribution in [2.24, 2.45) is 5.11 Å². The van der Waals surface area contributed by atoms with Gasteiger partial charge >= 0.3 is 0 Å². The minimum atomic E-state index is -3.49. The second-order valence-corrected chi connectivity index (χ2v) is 7.51. The molecule has 0 N–H and O–H groups in total. The van der Waals surface area contributed by atoms with Crippen LogP contribution in [-0.2, 0) is 14.6 Å². The van der Waals surface area contributed by atoms with E-state index >= 15 is 0 Å². The van der Waals surface area contributed by atoms with Crippen LogP contribution in [0.3, 0.4) is 0 Å². The Bertz CT molecular complexity index is 660. The Labute approximate surface area is 124 Å². The lowest BCUT2D eigenvalue weighted by Gasteiger charge is -2.29. The van der Waals surface area contributed by atoms with Gasteiger partial charge in [-0.3, -0.25) is 0 Å². The number of morpholine rings is 1. The second kappa shape index (κ2) is 6.34. The molecule has 1 aromatic rings. The highest BCUT2D eigenvalue weighted by Crippen LogP contribution is 2.32. The molecule has 7 nitrogen and oxygen atoms in total. The first kappa shape index (κ1) is 15.6. The summed E-state index contributed by atoms with van der Waals surface area (Å²) < 4.78 is 29.9. The van der Waals surface area contributed by atoms with Gasteiger partial charge in [-0.1, -0.05) is 5.11 Å². The molecule has 1 aromatic carbocycles. The molecule has 2 rings (SSSR count). The summed E-state index contributed by atoms with van der Waals surface area (Å²) in [5.41, 5.74) is 9.66. The van der Waals surface area contributed by atoms with E-state index in [0.717, 1.165) is 18.8 Å². The average molecular weight is 310 g/mol. The highest BCUT2D eigenvalue weighted by Gasteiger charge is 2.23. The average Bonchev–Trinajstić information content (AvgIpc) is 2.48. The van der Waals surface area contributed by atoms with Gasteiger partial charge in [-0.2, -0.15) is 0 Å². The number of hydrogen-bond acceptors (Lipinski definition) is 5. The molecule has 114 valence electrons. The van der Waals surface area contributed by atoms with Crippen LogP contribution >= 0.6 is 0 Å². The van der Waals surface area contributed by atoms with Gasteiger partial charge in [0.05, 0.1) is 29.0 Å². The summed E-state index contributed by atoms with van der Waals surface area (Å²) in [4.78, 5) is 4.89. The van der Waals surface area contributed by atoms with Crippen LogP contribution < -0.4 is 4.90 Å². The number of ether oxygens (including phenoxy) is 1. The van der Waals surface area contributed by atoms with Gasteiger partial charge in [0.15, 0.2) is 9.84 Å². The molecule has 1 aliphatic heterocycles. The third-order valence-corrected chi connectivity index (χ3v) is 5.60. The number of hydrogen-bond donors (Lipinski definition) is 0. The van der Waals surface area contributed by atoms with E-state index in [1.165, 1.54) is 6.07 Å². The first-order valence-electron chi connectivity index (χ1n) is 6.72. The Balaban J connectivity index is 2.47. The van der Waals surface area contributed by atoms with Gasteiger partial charge in [0.1, 0.15) is 0 Å². The molecule has 0 saturated carbocycles. The first-order valence-corrected chi connectivity index (χ1v) is 8.27.